The number of nitrogens with two attached hydrogens (primary N) is 1. The van der Waals surface area contributed by atoms with E-state index in [1.165, 1.54) is 11.3 Å². The minimum atomic E-state index is -1.10. The lowest BCUT2D eigenvalue weighted by Gasteiger charge is -2.22. The van der Waals surface area contributed by atoms with Crippen LogP contribution >= 0.6 is 27.3 Å². The molecule has 20 heavy (non-hydrogen) atoms. The van der Waals surface area contributed by atoms with Gasteiger partial charge in [0.2, 0.25) is 0 Å². The van der Waals surface area contributed by atoms with Gasteiger partial charge in [-0.25, -0.2) is 0 Å². The first kappa shape index (κ1) is 14.5. The topological polar surface area (TPSA) is 83.6 Å². The van der Waals surface area contributed by atoms with E-state index < -0.39 is 18.4 Å². The highest BCUT2D eigenvalue weighted by atomic mass is 79.9. The predicted octanol–water partition coefficient (Wildman–Crippen LogP) is 2.82. The molecule has 104 valence electrons. The van der Waals surface area contributed by atoms with Crippen LogP contribution in [0.2, 0.25) is 0 Å². The predicted molar refractivity (Wildman–Crippen MR) is 82.2 cm³/mol. The normalized spacial score (nSPS) is 10.2. The number of para-hydroxylation sites is 2. The zero-order valence-electron chi connectivity index (χ0n) is 10.2. The second kappa shape index (κ2) is 6.06. The summed E-state index contributed by atoms with van der Waals surface area (Å²) in [5, 5.41) is 10.8. The van der Waals surface area contributed by atoms with Crippen LogP contribution in [-0.4, -0.2) is 23.5 Å². The number of thiophene rings is 1. The molecule has 3 N–H and O–H groups in total. The summed E-state index contributed by atoms with van der Waals surface area (Å²) < 4.78 is 0.636. The van der Waals surface area contributed by atoms with E-state index in [0.29, 0.717) is 20.7 Å². The minimum Gasteiger partial charge on any atom is -0.480 e. The first-order valence-electron chi connectivity index (χ1n) is 5.62. The highest BCUT2D eigenvalue weighted by Gasteiger charge is 2.24. The molecule has 2 aromatic rings. The maximum atomic E-state index is 12.5. The van der Waals surface area contributed by atoms with Crippen LogP contribution in [0.5, 0.6) is 0 Å². The van der Waals surface area contributed by atoms with Crippen molar-refractivity contribution in [3.8, 4) is 0 Å². The van der Waals surface area contributed by atoms with Gasteiger partial charge in [0.15, 0.2) is 0 Å². The molecule has 0 aliphatic carbocycles. The van der Waals surface area contributed by atoms with Crippen molar-refractivity contribution >= 4 is 50.5 Å². The lowest BCUT2D eigenvalue weighted by atomic mass is 10.2. The minimum absolute atomic E-state index is 0.356. The first-order valence-corrected chi connectivity index (χ1v) is 7.29. The zero-order valence-corrected chi connectivity index (χ0v) is 12.6. The molecule has 0 unspecified atom stereocenters. The number of rotatable bonds is 4. The molecule has 5 nitrogen and oxygen atoms in total. The van der Waals surface area contributed by atoms with Gasteiger partial charge in [-0.05, 0) is 39.5 Å². The van der Waals surface area contributed by atoms with Crippen LogP contribution in [0.1, 0.15) is 9.67 Å². The third kappa shape index (κ3) is 3.00. The maximum absolute atomic E-state index is 12.5. The van der Waals surface area contributed by atoms with Crippen molar-refractivity contribution in [1.29, 1.82) is 0 Å². The van der Waals surface area contributed by atoms with E-state index in [1.54, 1.807) is 35.7 Å². The van der Waals surface area contributed by atoms with E-state index in [0.717, 1.165) is 4.90 Å². The lowest BCUT2D eigenvalue weighted by Crippen LogP contribution is -2.36. The fourth-order valence-electron chi connectivity index (χ4n) is 1.70. The summed E-state index contributed by atoms with van der Waals surface area (Å²) in [6.45, 7) is -0.447. The van der Waals surface area contributed by atoms with Crippen LogP contribution in [0.25, 0.3) is 0 Å². The van der Waals surface area contributed by atoms with E-state index in [4.69, 9.17) is 10.8 Å². The average molecular weight is 355 g/mol. The number of anilines is 2. The van der Waals surface area contributed by atoms with Crippen molar-refractivity contribution in [2.75, 3.05) is 17.2 Å². The standard InChI is InChI=1S/C13H11BrN2O3S/c14-8-5-6-20-12(8)13(19)16(7-11(17)18)10-4-2-1-3-9(10)15/h1-6H,7,15H2,(H,17,18). The molecule has 0 spiro atoms. The molecular weight excluding hydrogens is 344 g/mol. The number of carbonyl (C=O) groups excluding carboxylic acids is 1. The van der Waals surface area contributed by atoms with Gasteiger partial charge in [-0.2, -0.15) is 0 Å². The summed E-state index contributed by atoms with van der Waals surface area (Å²) in [5.41, 5.74) is 6.58. The van der Waals surface area contributed by atoms with E-state index in [2.05, 4.69) is 15.9 Å². The van der Waals surface area contributed by atoms with Crippen LogP contribution in [-0.2, 0) is 4.79 Å². The highest BCUT2D eigenvalue weighted by Crippen LogP contribution is 2.29. The van der Waals surface area contributed by atoms with Crippen molar-refractivity contribution in [3.05, 3.63) is 45.1 Å². The number of aliphatic carboxylic acids is 1. The van der Waals surface area contributed by atoms with Gasteiger partial charge in [0.1, 0.15) is 11.4 Å². The molecule has 0 fully saturated rings. The number of amides is 1. The Hall–Kier alpha value is -1.86. The molecule has 0 atom stereocenters. The fraction of sp³-hybridized carbons (Fsp3) is 0.0769. The molecule has 0 aliphatic rings. The summed E-state index contributed by atoms with van der Waals surface area (Å²) in [5.74, 6) is -1.50. The van der Waals surface area contributed by atoms with Crippen LogP contribution in [0.3, 0.4) is 0 Å². The van der Waals surface area contributed by atoms with Gasteiger partial charge in [0, 0.05) is 4.47 Å². The number of carbonyl (C=O) groups is 2. The number of hydrogen-bond acceptors (Lipinski definition) is 4. The van der Waals surface area contributed by atoms with Gasteiger partial charge >= 0.3 is 5.97 Å². The maximum Gasteiger partial charge on any atom is 0.323 e. The van der Waals surface area contributed by atoms with E-state index in [1.807, 2.05) is 0 Å². The SMILES string of the molecule is Nc1ccccc1N(CC(=O)O)C(=O)c1sccc1Br. The first-order chi connectivity index (χ1) is 9.50. The second-order valence-electron chi connectivity index (χ2n) is 3.94. The Morgan fingerprint density at radius 1 is 1.30 bits per heavy atom. The van der Waals surface area contributed by atoms with Gasteiger partial charge in [0.05, 0.1) is 11.4 Å². The Labute approximate surface area is 127 Å². The molecule has 1 heterocycles. The summed E-state index contributed by atoms with van der Waals surface area (Å²) >= 11 is 4.52. The van der Waals surface area contributed by atoms with Gasteiger partial charge < -0.3 is 10.8 Å². The number of halogens is 1. The molecular formula is C13H11BrN2O3S. The summed E-state index contributed by atoms with van der Waals surface area (Å²) in [7, 11) is 0. The van der Waals surface area contributed by atoms with Crippen LogP contribution in [0.4, 0.5) is 11.4 Å². The van der Waals surface area contributed by atoms with E-state index in [9.17, 15) is 9.59 Å². The molecule has 0 aliphatic heterocycles. The summed E-state index contributed by atoms with van der Waals surface area (Å²) in [4.78, 5) is 25.1. The zero-order chi connectivity index (χ0) is 14.7. The Morgan fingerprint density at radius 3 is 2.55 bits per heavy atom. The van der Waals surface area contributed by atoms with Crippen LogP contribution in [0, 0.1) is 0 Å². The molecule has 2 rings (SSSR count). The largest absolute Gasteiger partial charge is 0.480 e. The summed E-state index contributed by atoms with van der Waals surface area (Å²) in [6.07, 6.45) is 0. The number of carboxylic acid groups (broad SMARTS) is 1. The number of benzene rings is 1. The Morgan fingerprint density at radius 2 is 2.00 bits per heavy atom. The van der Waals surface area contributed by atoms with E-state index in [-0.39, 0.29) is 0 Å². The average Bonchev–Trinajstić information content (AvgIpc) is 2.82. The van der Waals surface area contributed by atoms with Crippen molar-refractivity contribution in [2.24, 2.45) is 0 Å². The van der Waals surface area contributed by atoms with E-state index >= 15 is 0 Å². The molecule has 0 saturated carbocycles. The molecule has 0 bridgehead atoms. The molecule has 7 heteroatoms. The Bertz CT molecular complexity index is 657. The fourth-order valence-corrected chi connectivity index (χ4v) is 3.19. The quantitative estimate of drug-likeness (QED) is 0.826. The highest BCUT2D eigenvalue weighted by molar-refractivity contribution is 9.10. The molecule has 0 radical (unpaired) electrons. The molecule has 1 amide bonds. The van der Waals surface area contributed by atoms with Crippen LogP contribution < -0.4 is 10.6 Å². The van der Waals surface area contributed by atoms with Gasteiger partial charge in [-0.1, -0.05) is 12.1 Å². The third-order valence-electron chi connectivity index (χ3n) is 2.58. The number of carboxylic acids is 1. The Kier molecular flexibility index (Phi) is 4.41. The number of hydrogen-bond donors (Lipinski definition) is 2. The van der Waals surface area contributed by atoms with Crippen molar-refractivity contribution < 1.29 is 14.7 Å². The number of nitrogen functional groups attached to an aromatic ring is 1. The second-order valence-corrected chi connectivity index (χ2v) is 5.71. The lowest BCUT2D eigenvalue weighted by molar-refractivity contribution is -0.135. The van der Waals surface area contributed by atoms with Gasteiger partial charge in [0.25, 0.3) is 5.91 Å². The van der Waals surface area contributed by atoms with Crippen molar-refractivity contribution in [3.63, 3.8) is 0 Å². The van der Waals surface area contributed by atoms with Crippen LogP contribution in [0.15, 0.2) is 40.2 Å². The smallest absolute Gasteiger partial charge is 0.323 e. The monoisotopic (exact) mass is 354 g/mol. The molecule has 1 aromatic heterocycles. The third-order valence-corrected chi connectivity index (χ3v) is 4.40. The van der Waals surface area contributed by atoms with Crippen molar-refractivity contribution in [2.45, 2.75) is 0 Å². The van der Waals surface area contributed by atoms with Gasteiger partial charge in [-0.3, -0.25) is 14.5 Å². The summed E-state index contributed by atoms with van der Waals surface area (Å²) in [6, 6.07) is 8.42. The van der Waals surface area contributed by atoms with Gasteiger partial charge in [-0.15, -0.1) is 11.3 Å². The molecule has 1 aromatic carbocycles. The van der Waals surface area contributed by atoms with Crippen molar-refractivity contribution in [1.82, 2.24) is 0 Å². The number of nitrogens with zero attached hydrogens (tertiary/aromatic N) is 1. The molecule has 0 saturated heterocycles. The Balaban J connectivity index is 2.43.